The van der Waals surface area contributed by atoms with Crippen molar-refractivity contribution in [1.82, 2.24) is 10.2 Å². The maximum absolute atomic E-state index is 11.5. The van der Waals surface area contributed by atoms with Gasteiger partial charge in [0, 0.05) is 32.3 Å². The number of nitrogens with zero attached hydrogens (tertiary/aromatic N) is 1. The first-order valence-electron chi connectivity index (χ1n) is 7.03. The molecule has 0 aromatic carbocycles. The zero-order valence-electron chi connectivity index (χ0n) is 11.9. The van der Waals surface area contributed by atoms with Crippen molar-refractivity contribution in [2.75, 3.05) is 32.8 Å². The van der Waals surface area contributed by atoms with Gasteiger partial charge in [0.15, 0.2) is 0 Å². The van der Waals surface area contributed by atoms with Gasteiger partial charge in [0.05, 0.1) is 13.0 Å². The van der Waals surface area contributed by atoms with Crippen LogP contribution in [-0.2, 0) is 9.53 Å². The average molecular weight is 288 g/mol. The zero-order valence-corrected chi connectivity index (χ0v) is 11.9. The number of carbonyl (C=O) groups is 2. The minimum atomic E-state index is -0.829. The van der Waals surface area contributed by atoms with Gasteiger partial charge in [-0.3, -0.25) is 4.79 Å². The highest BCUT2D eigenvalue weighted by atomic mass is 16.5. The number of piperidine rings is 1. The van der Waals surface area contributed by atoms with E-state index in [0.29, 0.717) is 26.1 Å². The lowest BCUT2D eigenvalue weighted by Crippen LogP contribution is -2.51. The van der Waals surface area contributed by atoms with Crippen LogP contribution in [0.15, 0.2) is 0 Å². The van der Waals surface area contributed by atoms with Gasteiger partial charge in [-0.1, -0.05) is 0 Å². The van der Waals surface area contributed by atoms with E-state index in [9.17, 15) is 9.59 Å². The fraction of sp³-hybridized carbons (Fsp3) is 0.846. The lowest BCUT2D eigenvalue weighted by molar-refractivity contribution is -0.137. The van der Waals surface area contributed by atoms with E-state index in [0.717, 1.165) is 13.0 Å². The standard InChI is InChI=1S/C13H24N2O5/c1-2-20-13(19)14-11-7-10(4-6-16)8-15(9-11)5-3-12(17)18/h10-11,16H,2-9H2,1H3,(H,14,19)(H,17,18). The molecule has 0 aliphatic carbocycles. The maximum Gasteiger partial charge on any atom is 0.407 e. The third kappa shape index (κ3) is 6.21. The Labute approximate surface area is 118 Å². The zero-order chi connectivity index (χ0) is 15.0. The van der Waals surface area contributed by atoms with E-state index in [2.05, 4.69) is 5.32 Å². The number of carboxylic acid groups (broad SMARTS) is 1. The molecule has 1 fully saturated rings. The first-order chi connectivity index (χ1) is 9.55. The number of alkyl carbamates (subject to hydrolysis) is 1. The quantitative estimate of drug-likeness (QED) is 0.622. The van der Waals surface area contributed by atoms with E-state index in [1.165, 1.54) is 0 Å². The second-order valence-electron chi connectivity index (χ2n) is 5.08. The first-order valence-corrected chi connectivity index (χ1v) is 7.03. The highest BCUT2D eigenvalue weighted by Gasteiger charge is 2.28. The molecule has 0 bridgehead atoms. The van der Waals surface area contributed by atoms with Crippen molar-refractivity contribution < 1.29 is 24.5 Å². The van der Waals surface area contributed by atoms with Crippen molar-refractivity contribution in [2.45, 2.75) is 32.2 Å². The summed E-state index contributed by atoms with van der Waals surface area (Å²) in [4.78, 5) is 24.1. The van der Waals surface area contributed by atoms with Crippen LogP contribution in [0.1, 0.15) is 26.2 Å². The van der Waals surface area contributed by atoms with Gasteiger partial charge >= 0.3 is 12.1 Å². The molecule has 1 aliphatic rings. The van der Waals surface area contributed by atoms with Crippen LogP contribution >= 0.6 is 0 Å². The largest absolute Gasteiger partial charge is 0.481 e. The Balaban J connectivity index is 2.50. The van der Waals surface area contributed by atoms with Gasteiger partial charge in [0.1, 0.15) is 0 Å². The molecule has 2 atom stereocenters. The second kappa shape index (κ2) is 8.76. The Bertz CT molecular complexity index is 324. The van der Waals surface area contributed by atoms with E-state index >= 15 is 0 Å². The van der Waals surface area contributed by atoms with Crippen LogP contribution in [0.3, 0.4) is 0 Å². The molecule has 7 nitrogen and oxygen atoms in total. The van der Waals surface area contributed by atoms with Crippen LogP contribution in [0.4, 0.5) is 4.79 Å². The lowest BCUT2D eigenvalue weighted by Gasteiger charge is -2.37. The summed E-state index contributed by atoms with van der Waals surface area (Å²) in [7, 11) is 0. The number of aliphatic hydroxyl groups excluding tert-OH is 1. The molecule has 0 spiro atoms. The molecule has 7 heteroatoms. The van der Waals surface area contributed by atoms with Crippen molar-refractivity contribution in [2.24, 2.45) is 5.92 Å². The second-order valence-corrected chi connectivity index (χ2v) is 5.08. The van der Waals surface area contributed by atoms with Crippen LogP contribution in [0.25, 0.3) is 0 Å². The molecule has 116 valence electrons. The number of nitrogens with one attached hydrogen (secondary N) is 1. The molecule has 0 aromatic rings. The molecule has 0 aromatic heterocycles. The normalized spacial score (nSPS) is 23.3. The molecule has 1 saturated heterocycles. The molecular formula is C13H24N2O5. The van der Waals surface area contributed by atoms with E-state index in [4.69, 9.17) is 14.9 Å². The monoisotopic (exact) mass is 288 g/mol. The number of hydrogen-bond donors (Lipinski definition) is 3. The summed E-state index contributed by atoms with van der Waals surface area (Å²) in [6.07, 6.45) is 1.08. The summed E-state index contributed by atoms with van der Waals surface area (Å²) in [5.41, 5.74) is 0. The average Bonchev–Trinajstić information content (AvgIpc) is 2.36. The Hall–Kier alpha value is -1.34. The maximum atomic E-state index is 11.5. The summed E-state index contributed by atoms with van der Waals surface area (Å²) in [5, 5.41) is 20.6. The van der Waals surface area contributed by atoms with Gasteiger partial charge in [-0.25, -0.2) is 4.79 Å². The molecule has 1 rings (SSSR count). The molecular weight excluding hydrogens is 264 g/mol. The number of rotatable bonds is 7. The highest BCUT2D eigenvalue weighted by molar-refractivity contribution is 5.67. The molecule has 1 aliphatic heterocycles. The Morgan fingerprint density at radius 2 is 2.15 bits per heavy atom. The SMILES string of the molecule is CCOC(=O)NC1CC(CCO)CN(CCC(=O)O)C1. The van der Waals surface area contributed by atoms with E-state index in [-0.39, 0.29) is 25.0 Å². The van der Waals surface area contributed by atoms with Crippen molar-refractivity contribution in [1.29, 1.82) is 0 Å². The fourth-order valence-corrected chi connectivity index (χ4v) is 2.57. The van der Waals surface area contributed by atoms with Crippen LogP contribution in [-0.4, -0.2) is 66.1 Å². The predicted molar refractivity (Wildman–Crippen MR) is 72.4 cm³/mol. The predicted octanol–water partition coefficient (Wildman–Crippen LogP) is 0.280. The molecule has 1 heterocycles. The number of amides is 1. The van der Waals surface area contributed by atoms with Gasteiger partial charge in [0.2, 0.25) is 0 Å². The topological polar surface area (TPSA) is 99.1 Å². The Morgan fingerprint density at radius 3 is 2.75 bits per heavy atom. The van der Waals surface area contributed by atoms with Crippen molar-refractivity contribution in [3.05, 3.63) is 0 Å². The number of aliphatic carboxylic acids is 1. The van der Waals surface area contributed by atoms with Gasteiger partial charge in [-0.05, 0) is 25.7 Å². The van der Waals surface area contributed by atoms with E-state index < -0.39 is 12.1 Å². The van der Waals surface area contributed by atoms with Crippen LogP contribution in [0, 0.1) is 5.92 Å². The van der Waals surface area contributed by atoms with Crippen molar-refractivity contribution in [3.8, 4) is 0 Å². The van der Waals surface area contributed by atoms with Gasteiger partial charge < -0.3 is 25.2 Å². The number of carbonyl (C=O) groups excluding carboxylic acids is 1. The van der Waals surface area contributed by atoms with Gasteiger partial charge in [-0.2, -0.15) is 0 Å². The van der Waals surface area contributed by atoms with Gasteiger partial charge in [0.25, 0.3) is 0 Å². The number of ether oxygens (including phenoxy) is 1. The summed E-state index contributed by atoms with van der Waals surface area (Å²) in [6, 6.07) is -0.0619. The summed E-state index contributed by atoms with van der Waals surface area (Å²) in [5.74, 6) is -0.571. The number of carboxylic acids is 1. The molecule has 20 heavy (non-hydrogen) atoms. The van der Waals surface area contributed by atoms with Crippen molar-refractivity contribution in [3.63, 3.8) is 0 Å². The number of likely N-dealkylation sites (tertiary alicyclic amines) is 1. The van der Waals surface area contributed by atoms with Crippen LogP contribution < -0.4 is 5.32 Å². The van der Waals surface area contributed by atoms with E-state index in [1.54, 1.807) is 6.92 Å². The fourth-order valence-electron chi connectivity index (χ4n) is 2.57. The molecule has 3 N–H and O–H groups in total. The van der Waals surface area contributed by atoms with Crippen molar-refractivity contribution >= 4 is 12.1 Å². The minimum Gasteiger partial charge on any atom is -0.481 e. The van der Waals surface area contributed by atoms with Crippen LogP contribution in [0.2, 0.25) is 0 Å². The summed E-state index contributed by atoms with van der Waals surface area (Å²) in [6.45, 7) is 4.00. The van der Waals surface area contributed by atoms with E-state index in [1.807, 2.05) is 4.90 Å². The molecule has 0 radical (unpaired) electrons. The third-order valence-electron chi connectivity index (χ3n) is 3.39. The van der Waals surface area contributed by atoms with Gasteiger partial charge in [-0.15, -0.1) is 0 Å². The first kappa shape index (κ1) is 16.7. The summed E-state index contributed by atoms with van der Waals surface area (Å²) >= 11 is 0. The highest BCUT2D eigenvalue weighted by Crippen LogP contribution is 2.20. The lowest BCUT2D eigenvalue weighted by atomic mass is 9.91. The number of aliphatic hydroxyl groups is 1. The Kier molecular flexibility index (Phi) is 7.32. The van der Waals surface area contributed by atoms with Crippen LogP contribution in [0.5, 0.6) is 0 Å². The molecule has 0 saturated carbocycles. The summed E-state index contributed by atoms with van der Waals surface area (Å²) < 4.78 is 4.86. The smallest absolute Gasteiger partial charge is 0.407 e. The molecule has 2 unspecified atom stereocenters. The Morgan fingerprint density at radius 1 is 1.40 bits per heavy atom. The molecule has 1 amide bonds. The third-order valence-corrected chi connectivity index (χ3v) is 3.39. The number of hydrogen-bond acceptors (Lipinski definition) is 5. The minimum absolute atomic E-state index is 0.0619.